The van der Waals surface area contributed by atoms with Crippen molar-refractivity contribution in [1.29, 1.82) is 0 Å². The molecular formula is C16H9F3N2. The summed E-state index contributed by atoms with van der Waals surface area (Å²) in [5.41, 5.74) is 1.37. The van der Waals surface area contributed by atoms with E-state index < -0.39 is 11.7 Å². The summed E-state index contributed by atoms with van der Waals surface area (Å²) in [6.07, 6.45) is -3.02. The molecule has 3 aromatic rings. The van der Waals surface area contributed by atoms with Gasteiger partial charge in [0.1, 0.15) is 6.33 Å². The van der Waals surface area contributed by atoms with Gasteiger partial charge in [-0.15, -0.1) is 0 Å². The highest BCUT2D eigenvalue weighted by molar-refractivity contribution is 5.86. The summed E-state index contributed by atoms with van der Waals surface area (Å²) < 4.78 is 38.3. The summed E-state index contributed by atoms with van der Waals surface area (Å²) in [5, 5.41) is 0.618. The first-order chi connectivity index (χ1) is 9.95. The maximum atomic E-state index is 12.8. The van der Waals surface area contributed by atoms with Gasteiger partial charge in [-0.25, -0.2) is 9.97 Å². The van der Waals surface area contributed by atoms with E-state index >= 15 is 0 Å². The van der Waals surface area contributed by atoms with E-state index in [1.54, 1.807) is 24.3 Å². The Bertz CT molecular complexity index is 810. The fourth-order valence-corrected chi connectivity index (χ4v) is 2.13. The first kappa shape index (κ1) is 13.5. The van der Waals surface area contributed by atoms with Crippen LogP contribution in [0.25, 0.3) is 22.0 Å². The molecule has 0 bridgehead atoms. The van der Waals surface area contributed by atoms with Gasteiger partial charge in [0.2, 0.25) is 0 Å². The minimum absolute atomic E-state index is 0.300. The van der Waals surface area contributed by atoms with Crippen molar-refractivity contribution in [2.24, 2.45) is 0 Å². The van der Waals surface area contributed by atoms with Crippen LogP contribution in [0.2, 0.25) is 0 Å². The van der Waals surface area contributed by atoms with Crippen molar-refractivity contribution in [3.8, 4) is 11.1 Å². The van der Waals surface area contributed by atoms with Crippen LogP contribution < -0.4 is 0 Å². The molecule has 2 radical (unpaired) electrons. The third kappa shape index (κ3) is 2.59. The molecule has 1 heterocycles. The van der Waals surface area contributed by atoms with Crippen LogP contribution in [0.15, 0.2) is 48.8 Å². The Labute approximate surface area is 119 Å². The minimum Gasteiger partial charge on any atom is -0.240 e. The second kappa shape index (κ2) is 4.84. The molecular weight excluding hydrogens is 277 g/mol. The van der Waals surface area contributed by atoms with Crippen molar-refractivity contribution < 1.29 is 13.2 Å². The van der Waals surface area contributed by atoms with E-state index in [4.69, 9.17) is 6.92 Å². The Morgan fingerprint density at radius 3 is 2.43 bits per heavy atom. The van der Waals surface area contributed by atoms with Crippen molar-refractivity contribution >= 4 is 10.9 Å². The number of alkyl halides is 3. The zero-order chi connectivity index (χ0) is 15.0. The molecule has 2 aromatic carbocycles. The summed E-state index contributed by atoms with van der Waals surface area (Å²) >= 11 is 0. The fraction of sp³-hybridized carbons (Fsp3) is 0.0625. The molecule has 0 N–H and O–H groups in total. The van der Waals surface area contributed by atoms with Gasteiger partial charge in [0.25, 0.3) is 0 Å². The lowest BCUT2D eigenvalue weighted by atomic mass is 10.0. The van der Waals surface area contributed by atoms with E-state index in [9.17, 15) is 13.2 Å². The molecule has 21 heavy (non-hydrogen) atoms. The van der Waals surface area contributed by atoms with E-state index in [0.717, 1.165) is 12.1 Å². The number of halogens is 3. The van der Waals surface area contributed by atoms with Crippen LogP contribution in [-0.2, 0) is 6.18 Å². The molecule has 1 aromatic heterocycles. The predicted molar refractivity (Wildman–Crippen MR) is 73.4 cm³/mol. The zero-order valence-corrected chi connectivity index (χ0v) is 10.7. The second-order valence-corrected chi connectivity index (χ2v) is 4.57. The number of nitrogens with zero attached hydrogens (tertiary/aromatic N) is 2. The highest BCUT2D eigenvalue weighted by Crippen LogP contribution is 2.32. The standard InChI is InChI=1S/C16H9F3N2/c1-10-14-8-12(5-6-15(14)21-9-20-10)11-3-2-4-13(7-11)16(17,18)19/h1-9H. The van der Waals surface area contributed by atoms with Gasteiger partial charge in [-0.1, -0.05) is 18.2 Å². The number of benzene rings is 2. The first-order valence-electron chi connectivity index (χ1n) is 6.13. The Morgan fingerprint density at radius 2 is 1.67 bits per heavy atom. The lowest BCUT2D eigenvalue weighted by Gasteiger charge is -2.09. The topological polar surface area (TPSA) is 25.8 Å². The van der Waals surface area contributed by atoms with Crippen LogP contribution in [0, 0.1) is 6.92 Å². The van der Waals surface area contributed by atoms with Gasteiger partial charge in [0, 0.05) is 12.3 Å². The van der Waals surface area contributed by atoms with Crippen molar-refractivity contribution in [3.63, 3.8) is 0 Å². The van der Waals surface area contributed by atoms with Crippen LogP contribution in [0.1, 0.15) is 11.3 Å². The van der Waals surface area contributed by atoms with E-state index in [2.05, 4.69) is 9.97 Å². The van der Waals surface area contributed by atoms with E-state index in [-0.39, 0.29) is 0 Å². The van der Waals surface area contributed by atoms with Gasteiger partial charge >= 0.3 is 6.18 Å². The maximum absolute atomic E-state index is 12.8. The minimum atomic E-state index is -4.37. The largest absolute Gasteiger partial charge is 0.416 e. The molecule has 3 rings (SSSR count). The van der Waals surface area contributed by atoms with Crippen LogP contribution in [0.4, 0.5) is 13.2 Å². The molecule has 0 saturated carbocycles. The van der Waals surface area contributed by atoms with E-state index in [1.807, 2.05) is 0 Å². The Hall–Kier alpha value is -2.43. The number of fused-ring (bicyclic) bond motifs is 1. The van der Waals surface area contributed by atoms with Crippen LogP contribution in [-0.4, -0.2) is 9.97 Å². The molecule has 0 aliphatic heterocycles. The summed E-state index contributed by atoms with van der Waals surface area (Å²) in [4.78, 5) is 7.95. The lowest BCUT2D eigenvalue weighted by Crippen LogP contribution is -2.04. The molecule has 104 valence electrons. The van der Waals surface area contributed by atoms with Gasteiger partial charge in [-0.3, -0.25) is 0 Å². The Kier molecular flexibility index (Phi) is 3.12. The van der Waals surface area contributed by atoms with Crippen molar-refractivity contribution in [2.45, 2.75) is 6.18 Å². The molecule has 2 nitrogen and oxygen atoms in total. The predicted octanol–water partition coefficient (Wildman–Crippen LogP) is 4.37. The third-order valence-corrected chi connectivity index (χ3v) is 3.19. The van der Waals surface area contributed by atoms with Crippen molar-refractivity contribution in [2.75, 3.05) is 0 Å². The maximum Gasteiger partial charge on any atom is 0.416 e. The van der Waals surface area contributed by atoms with Gasteiger partial charge in [-0.05, 0) is 35.4 Å². The molecule has 0 saturated heterocycles. The van der Waals surface area contributed by atoms with Crippen molar-refractivity contribution in [3.05, 3.63) is 67.0 Å². The van der Waals surface area contributed by atoms with Gasteiger partial charge in [-0.2, -0.15) is 13.2 Å². The van der Waals surface area contributed by atoms with Crippen LogP contribution in [0.3, 0.4) is 0 Å². The molecule has 0 aliphatic carbocycles. The third-order valence-electron chi connectivity index (χ3n) is 3.19. The van der Waals surface area contributed by atoms with Gasteiger partial charge < -0.3 is 0 Å². The molecule has 0 amide bonds. The molecule has 0 atom stereocenters. The van der Waals surface area contributed by atoms with Gasteiger partial charge in [0.15, 0.2) is 0 Å². The summed E-state index contributed by atoms with van der Waals surface area (Å²) in [6.45, 7) is 5.77. The highest BCUT2D eigenvalue weighted by Gasteiger charge is 2.30. The fourth-order valence-electron chi connectivity index (χ4n) is 2.13. The summed E-state index contributed by atoms with van der Waals surface area (Å²) in [5.74, 6) is 0. The number of aromatic nitrogens is 2. The second-order valence-electron chi connectivity index (χ2n) is 4.57. The lowest BCUT2D eigenvalue weighted by molar-refractivity contribution is -0.137. The van der Waals surface area contributed by atoms with E-state index in [1.165, 1.54) is 12.4 Å². The quantitative estimate of drug-likeness (QED) is 0.663. The van der Waals surface area contributed by atoms with Crippen LogP contribution in [0.5, 0.6) is 0 Å². The summed E-state index contributed by atoms with van der Waals surface area (Å²) in [7, 11) is 0. The molecule has 5 heteroatoms. The average molecular weight is 286 g/mol. The van der Waals surface area contributed by atoms with Crippen LogP contribution >= 0.6 is 0 Å². The van der Waals surface area contributed by atoms with Crippen molar-refractivity contribution in [1.82, 2.24) is 9.97 Å². The average Bonchev–Trinajstić information content (AvgIpc) is 2.47. The number of hydrogen-bond acceptors (Lipinski definition) is 2. The molecule has 0 fully saturated rings. The monoisotopic (exact) mass is 286 g/mol. The zero-order valence-electron chi connectivity index (χ0n) is 10.7. The van der Waals surface area contributed by atoms with E-state index in [0.29, 0.717) is 27.7 Å². The Balaban J connectivity index is 2.15. The Morgan fingerprint density at radius 1 is 0.905 bits per heavy atom. The number of hydrogen-bond donors (Lipinski definition) is 0. The molecule has 0 aliphatic rings. The summed E-state index contributed by atoms with van der Waals surface area (Å²) in [6, 6.07) is 10.3. The first-order valence-corrected chi connectivity index (χ1v) is 6.13. The molecule has 0 spiro atoms. The molecule has 0 unspecified atom stereocenters. The SMILES string of the molecule is [CH]c1ncnc2ccc(-c3cccc(C(F)(F)F)c3)cc12. The normalized spacial score (nSPS) is 11.8. The highest BCUT2D eigenvalue weighted by atomic mass is 19.4. The van der Waals surface area contributed by atoms with Gasteiger partial charge in [0.05, 0.1) is 16.8 Å². The smallest absolute Gasteiger partial charge is 0.240 e. The number of rotatable bonds is 1.